The van der Waals surface area contributed by atoms with E-state index in [9.17, 15) is 4.79 Å². The van der Waals surface area contributed by atoms with Crippen LogP contribution < -0.4 is 5.32 Å². The number of nitrogens with one attached hydrogen (secondary N) is 1. The molecule has 0 radical (unpaired) electrons. The standard InChI is InChI=1S/C17H23NO/c19-17(18-16-7-2-1-3-8-16)12-13-9-10-14-5-4-6-15(14)11-13/h9-11,16H,1-8,12H2,(H,18,19). The number of benzene rings is 1. The number of carbonyl (C=O) groups excluding carboxylic acids is 1. The van der Waals surface area contributed by atoms with Gasteiger partial charge >= 0.3 is 0 Å². The Kier molecular flexibility index (Phi) is 3.86. The second-order valence-corrected chi connectivity index (χ2v) is 6.04. The van der Waals surface area contributed by atoms with Crippen molar-refractivity contribution in [2.45, 2.75) is 63.8 Å². The molecule has 1 amide bonds. The molecule has 0 saturated heterocycles. The number of hydrogen-bond donors (Lipinski definition) is 1. The molecule has 0 aliphatic heterocycles. The Balaban J connectivity index is 1.56. The van der Waals surface area contributed by atoms with Gasteiger partial charge in [-0.15, -0.1) is 0 Å². The smallest absolute Gasteiger partial charge is 0.224 e. The number of carbonyl (C=O) groups is 1. The molecular weight excluding hydrogens is 234 g/mol. The summed E-state index contributed by atoms with van der Waals surface area (Å²) in [5.41, 5.74) is 4.12. The molecule has 2 aliphatic rings. The lowest BCUT2D eigenvalue weighted by molar-refractivity contribution is -0.121. The normalized spacial score (nSPS) is 19.2. The Hall–Kier alpha value is -1.31. The lowest BCUT2D eigenvalue weighted by atomic mass is 9.95. The largest absolute Gasteiger partial charge is 0.353 e. The van der Waals surface area contributed by atoms with Crippen molar-refractivity contribution in [2.24, 2.45) is 0 Å². The minimum absolute atomic E-state index is 0.199. The van der Waals surface area contributed by atoms with Gasteiger partial charge in [0.25, 0.3) is 0 Å². The third-order valence-corrected chi connectivity index (χ3v) is 4.50. The average Bonchev–Trinajstić information content (AvgIpc) is 2.87. The van der Waals surface area contributed by atoms with Crippen LogP contribution in [0.4, 0.5) is 0 Å². The second-order valence-electron chi connectivity index (χ2n) is 6.04. The Morgan fingerprint density at radius 1 is 1.05 bits per heavy atom. The molecule has 1 aromatic rings. The molecule has 1 fully saturated rings. The SMILES string of the molecule is O=C(Cc1ccc2c(c1)CCC2)NC1CCCCC1. The van der Waals surface area contributed by atoms with Gasteiger partial charge in [-0.2, -0.15) is 0 Å². The van der Waals surface area contributed by atoms with E-state index >= 15 is 0 Å². The van der Waals surface area contributed by atoms with Crippen LogP contribution in [0.5, 0.6) is 0 Å². The maximum absolute atomic E-state index is 12.1. The van der Waals surface area contributed by atoms with Crippen LogP contribution in [0.25, 0.3) is 0 Å². The average molecular weight is 257 g/mol. The van der Waals surface area contributed by atoms with E-state index in [1.165, 1.54) is 55.2 Å². The van der Waals surface area contributed by atoms with Gasteiger partial charge in [-0.25, -0.2) is 0 Å². The van der Waals surface area contributed by atoms with E-state index in [-0.39, 0.29) is 5.91 Å². The third-order valence-electron chi connectivity index (χ3n) is 4.50. The van der Waals surface area contributed by atoms with E-state index in [0.717, 1.165) is 12.8 Å². The first kappa shape index (κ1) is 12.7. The van der Waals surface area contributed by atoms with Gasteiger partial charge in [0.2, 0.25) is 5.91 Å². The molecule has 3 rings (SSSR count). The summed E-state index contributed by atoms with van der Waals surface area (Å²) in [4.78, 5) is 12.1. The predicted octanol–water partition coefficient (Wildman–Crippen LogP) is 3.17. The molecule has 2 heteroatoms. The maximum Gasteiger partial charge on any atom is 0.224 e. The van der Waals surface area contributed by atoms with Crippen LogP contribution in [0, 0.1) is 0 Å². The molecule has 0 heterocycles. The Labute approximate surface area is 115 Å². The highest BCUT2D eigenvalue weighted by Crippen LogP contribution is 2.23. The summed E-state index contributed by atoms with van der Waals surface area (Å²) in [7, 11) is 0. The summed E-state index contributed by atoms with van der Waals surface area (Å²) in [6, 6.07) is 7.01. The summed E-state index contributed by atoms with van der Waals surface area (Å²) in [6.07, 6.45) is 10.4. The van der Waals surface area contributed by atoms with Crippen LogP contribution in [-0.2, 0) is 24.1 Å². The summed E-state index contributed by atoms with van der Waals surface area (Å²) in [5.74, 6) is 0.199. The summed E-state index contributed by atoms with van der Waals surface area (Å²) < 4.78 is 0. The zero-order valence-corrected chi connectivity index (χ0v) is 11.6. The Morgan fingerprint density at radius 3 is 2.68 bits per heavy atom. The molecule has 0 spiro atoms. The van der Waals surface area contributed by atoms with Gasteiger partial charge in [-0.05, 0) is 48.8 Å². The predicted molar refractivity (Wildman–Crippen MR) is 77.2 cm³/mol. The topological polar surface area (TPSA) is 29.1 Å². The second kappa shape index (κ2) is 5.77. The molecule has 1 N–H and O–H groups in total. The van der Waals surface area contributed by atoms with Crippen molar-refractivity contribution < 1.29 is 4.79 Å². The van der Waals surface area contributed by atoms with Crippen LogP contribution in [0.3, 0.4) is 0 Å². The fourth-order valence-corrected chi connectivity index (χ4v) is 3.45. The molecule has 2 nitrogen and oxygen atoms in total. The fraction of sp³-hybridized carbons (Fsp3) is 0.588. The highest BCUT2D eigenvalue weighted by Gasteiger charge is 2.16. The van der Waals surface area contributed by atoms with Crippen molar-refractivity contribution >= 4 is 5.91 Å². The summed E-state index contributed by atoms with van der Waals surface area (Å²) in [5, 5.41) is 3.20. The first-order chi connectivity index (χ1) is 9.31. The Bertz CT molecular complexity index is 460. The molecular formula is C17H23NO. The monoisotopic (exact) mass is 257 g/mol. The first-order valence-electron chi connectivity index (χ1n) is 7.71. The van der Waals surface area contributed by atoms with Gasteiger partial charge in [-0.1, -0.05) is 37.5 Å². The molecule has 0 atom stereocenters. The van der Waals surface area contributed by atoms with Crippen LogP contribution in [0.2, 0.25) is 0 Å². The minimum atomic E-state index is 0.199. The van der Waals surface area contributed by atoms with Crippen LogP contribution in [0.15, 0.2) is 18.2 Å². The van der Waals surface area contributed by atoms with E-state index in [1.807, 2.05) is 0 Å². The zero-order chi connectivity index (χ0) is 13.1. The number of fused-ring (bicyclic) bond motifs is 1. The van der Waals surface area contributed by atoms with E-state index in [0.29, 0.717) is 12.5 Å². The summed E-state index contributed by atoms with van der Waals surface area (Å²) in [6.45, 7) is 0. The maximum atomic E-state index is 12.1. The van der Waals surface area contributed by atoms with E-state index in [4.69, 9.17) is 0 Å². The molecule has 2 aliphatic carbocycles. The van der Waals surface area contributed by atoms with Gasteiger partial charge < -0.3 is 5.32 Å². The van der Waals surface area contributed by atoms with Crippen LogP contribution in [0.1, 0.15) is 55.2 Å². The lowest BCUT2D eigenvalue weighted by Gasteiger charge is -2.22. The molecule has 0 bridgehead atoms. The van der Waals surface area contributed by atoms with E-state index in [1.54, 1.807) is 0 Å². The summed E-state index contributed by atoms with van der Waals surface area (Å²) >= 11 is 0. The minimum Gasteiger partial charge on any atom is -0.353 e. The molecule has 0 aromatic heterocycles. The number of aryl methyl sites for hydroxylation is 2. The van der Waals surface area contributed by atoms with Crippen molar-refractivity contribution in [1.82, 2.24) is 5.32 Å². The highest BCUT2D eigenvalue weighted by molar-refractivity contribution is 5.79. The van der Waals surface area contributed by atoms with Gasteiger partial charge in [0.05, 0.1) is 6.42 Å². The van der Waals surface area contributed by atoms with Crippen molar-refractivity contribution in [1.29, 1.82) is 0 Å². The van der Waals surface area contributed by atoms with Crippen LogP contribution >= 0.6 is 0 Å². The molecule has 0 unspecified atom stereocenters. The van der Waals surface area contributed by atoms with Crippen molar-refractivity contribution in [3.63, 3.8) is 0 Å². The number of rotatable bonds is 3. The zero-order valence-electron chi connectivity index (χ0n) is 11.6. The fourth-order valence-electron chi connectivity index (χ4n) is 3.45. The number of hydrogen-bond acceptors (Lipinski definition) is 1. The Morgan fingerprint density at radius 2 is 1.84 bits per heavy atom. The van der Waals surface area contributed by atoms with Crippen LogP contribution in [-0.4, -0.2) is 11.9 Å². The van der Waals surface area contributed by atoms with Gasteiger partial charge in [-0.3, -0.25) is 4.79 Å². The van der Waals surface area contributed by atoms with Gasteiger partial charge in [0.15, 0.2) is 0 Å². The highest BCUT2D eigenvalue weighted by atomic mass is 16.1. The van der Waals surface area contributed by atoms with Crippen molar-refractivity contribution in [3.05, 3.63) is 34.9 Å². The molecule has 102 valence electrons. The third kappa shape index (κ3) is 3.17. The lowest BCUT2D eigenvalue weighted by Crippen LogP contribution is -2.37. The quantitative estimate of drug-likeness (QED) is 0.885. The number of amides is 1. The van der Waals surface area contributed by atoms with E-state index < -0.39 is 0 Å². The molecule has 1 aromatic carbocycles. The first-order valence-corrected chi connectivity index (χ1v) is 7.71. The molecule has 1 saturated carbocycles. The van der Waals surface area contributed by atoms with Gasteiger partial charge in [0, 0.05) is 6.04 Å². The van der Waals surface area contributed by atoms with Crippen molar-refractivity contribution in [2.75, 3.05) is 0 Å². The molecule has 19 heavy (non-hydrogen) atoms. The van der Waals surface area contributed by atoms with Crippen molar-refractivity contribution in [3.8, 4) is 0 Å². The van der Waals surface area contributed by atoms with Gasteiger partial charge in [0.1, 0.15) is 0 Å². The van der Waals surface area contributed by atoms with E-state index in [2.05, 4.69) is 23.5 Å².